The van der Waals surface area contributed by atoms with Crippen LogP contribution in [0.25, 0.3) is 11.0 Å². The molecule has 0 aromatic carbocycles. The number of hydrogen-bond donors (Lipinski definition) is 2. The Hall–Kier alpha value is -2.94. The molecule has 1 fully saturated rings. The minimum atomic E-state index is -4.49. The van der Waals surface area contributed by atoms with Gasteiger partial charge in [0.05, 0.1) is 23.2 Å². The lowest BCUT2D eigenvalue weighted by Crippen LogP contribution is -2.45. The molecule has 0 saturated heterocycles. The third kappa shape index (κ3) is 4.16. The molecule has 4 rings (SSSR count). The molecule has 3 aromatic heterocycles. The second-order valence-corrected chi connectivity index (χ2v) is 7.52. The van der Waals surface area contributed by atoms with Crippen molar-refractivity contribution < 1.29 is 23.1 Å². The first-order valence-corrected chi connectivity index (χ1v) is 9.78. The Bertz CT molecular complexity index is 1050. The van der Waals surface area contributed by atoms with Crippen LogP contribution in [-0.4, -0.2) is 37.7 Å². The first-order valence-electron chi connectivity index (χ1n) is 9.78. The number of nitrogens with zero attached hydrogens (tertiary/aromatic N) is 3. The van der Waals surface area contributed by atoms with Crippen LogP contribution in [0.1, 0.15) is 47.3 Å². The highest BCUT2D eigenvalue weighted by molar-refractivity contribution is 6.05. The molecule has 0 radical (unpaired) electrons. The number of alkyl halides is 3. The van der Waals surface area contributed by atoms with Crippen molar-refractivity contribution in [1.29, 1.82) is 0 Å². The molecule has 1 aliphatic rings. The van der Waals surface area contributed by atoms with Crippen LogP contribution in [0.4, 0.5) is 13.2 Å². The van der Waals surface area contributed by atoms with Crippen LogP contribution in [0.5, 0.6) is 0 Å². The van der Waals surface area contributed by atoms with E-state index in [-0.39, 0.29) is 18.5 Å². The van der Waals surface area contributed by atoms with Crippen molar-refractivity contribution in [2.24, 2.45) is 0 Å². The van der Waals surface area contributed by atoms with Crippen molar-refractivity contribution in [3.8, 4) is 0 Å². The monoisotopic (exact) mass is 418 g/mol. The van der Waals surface area contributed by atoms with Crippen molar-refractivity contribution in [2.75, 3.05) is 0 Å². The number of aromatic nitrogens is 3. The average molecular weight is 418 g/mol. The van der Waals surface area contributed by atoms with Crippen LogP contribution in [0.3, 0.4) is 0 Å². The standard InChI is InChI=1S/C21H21F3N4O2/c22-21(23,24)18-8-7-13(10-26-18)11-28-12-14(19-16(28)5-3-9-25-19)20(30)27-15-4-1-2-6-17(15)29/h3,5,7-10,12,15,17,29H,1-2,4,6,11H2,(H,27,30)/t15-,17-/m0/s1. The molecular weight excluding hydrogens is 397 g/mol. The number of pyridine rings is 2. The molecule has 9 heteroatoms. The van der Waals surface area contributed by atoms with Gasteiger partial charge in [-0.1, -0.05) is 18.9 Å². The third-order valence-corrected chi connectivity index (χ3v) is 5.39. The van der Waals surface area contributed by atoms with Crippen molar-refractivity contribution in [3.05, 3.63) is 59.7 Å². The van der Waals surface area contributed by atoms with Crippen molar-refractivity contribution in [3.63, 3.8) is 0 Å². The van der Waals surface area contributed by atoms with E-state index in [4.69, 9.17) is 0 Å². The number of hydrogen-bond acceptors (Lipinski definition) is 4. The van der Waals surface area contributed by atoms with E-state index in [0.717, 1.165) is 25.3 Å². The Labute approximate surface area is 170 Å². The molecule has 1 aliphatic carbocycles. The van der Waals surface area contributed by atoms with E-state index in [1.807, 2.05) is 0 Å². The molecule has 158 valence electrons. The lowest BCUT2D eigenvalue weighted by molar-refractivity contribution is -0.141. The van der Waals surface area contributed by atoms with E-state index in [1.165, 1.54) is 12.3 Å². The molecule has 0 unspecified atom stereocenters. The van der Waals surface area contributed by atoms with Crippen molar-refractivity contribution in [1.82, 2.24) is 19.9 Å². The van der Waals surface area contributed by atoms with Gasteiger partial charge in [-0.3, -0.25) is 14.8 Å². The summed E-state index contributed by atoms with van der Waals surface area (Å²) in [5.41, 5.74) is 1.17. The van der Waals surface area contributed by atoms with E-state index in [2.05, 4.69) is 15.3 Å². The zero-order chi connectivity index (χ0) is 21.3. The van der Waals surface area contributed by atoms with Gasteiger partial charge < -0.3 is 15.0 Å². The fraction of sp³-hybridized carbons (Fsp3) is 0.381. The van der Waals surface area contributed by atoms with Crippen molar-refractivity contribution >= 4 is 16.9 Å². The highest BCUT2D eigenvalue weighted by Crippen LogP contribution is 2.28. The smallest absolute Gasteiger partial charge is 0.391 e. The second-order valence-electron chi connectivity index (χ2n) is 7.52. The Morgan fingerprint density at radius 3 is 2.70 bits per heavy atom. The number of carbonyl (C=O) groups is 1. The minimum absolute atomic E-state index is 0.243. The maximum atomic E-state index is 12.9. The van der Waals surface area contributed by atoms with Gasteiger partial charge in [-0.25, -0.2) is 0 Å². The number of amides is 1. The molecule has 0 bridgehead atoms. The van der Waals surface area contributed by atoms with Gasteiger partial charge in [0.1, 0.15) is 11.2 Å². The molecule has 2 N–H and O–H groups in total. The lowest BCUT2D eigenvalue weighted by atomic mass is 9.92. The van der Waals surface area contributed by atoms with E-state index in [0.29, 0.717) is 28.6 Å². The summed E-state index contributed by atoms with van der Waals surface area (Å²) in [6.07, 6.45) is 2.61. The number of carbonyl (C=O) groups excluding carboxylic acids is 1. The quantitative estimate of drug-likeness (QED) is 0.679. The maximum absolute atomic E-state index is 12.9. The Balaban J connectivity index is 1.60. The average Bonchev–Trinajstić information content (AvgIpc) is 3.08. The SMILES string of the molecule is O=C(N[C@H]1CCCC[C@@H]1O)c1cn(Cc2ccc(C(F)(F)F)nc2)c2cccnc12. The summed E-state index contributed by atoms with van der Waals surface area (Å²) in [4.78, 5) is 20.7. The summed E-state index contributed by atoms with van der Waals surface area (Å²) in [6, 6.07) is 5.54. The maximum Gasteiger partial charge on any atom is 0.433 e. The van der Waals surface area contributed by atoms with E-state index >= 15 is 0 Å². The Morgan fingerprint density at radius 1 is 1.20 bits per heavy atom. The summed E-state index contributed by atoms with van der Waals surface area (Å²) >= 11 is 0. The van der Waals surface area contributed by atoms with Crippen LogP contribution in [0, 0.1) is 0 Å². The molecule has 1 saturated carbocycles. The fourth-order valence-corrected chi connectivity index (χ4v) is 3.83. The molecule has 6 nitrogen and oxygen atoms in total. The van der Waals surface area contributed by atoms with Crippen LogP contribution >= 0.6 is 0 Å². The molecule has 0 spiro atoms. The summed E-state index contributed by atoms with van der Waals surface area (Å²) in [5.74, 6) is -0.325. The number of nitrogens with one attached hydrogen (secondary N) is 1. The number of halogens is 3. The number of aliphatic hydroxyl groups excluding tert-OH is 1. The normalized spacial score (nSPS) is 19.7. The summed E-state index contributed by atoms with van der Waals surface area (Å²) < 4.78 is 39.9. The minimum Gasteiger partial charge on any atom is -0.391 e. The first kappa shape index (κ1) is 20.3. The topological polar surface area (TPSA) is 80.0 Å². The van der Waals surface area contributed by atoms with Gasteiger partial charge in [0.25, 0.3) is 5.91 Å². The molecule has 3 aromatic rings. The van der Waals surface area contributed by atoms with Crippen LogP contribution in [-0.2, 0) is 12.7 Å². The predicted molar refractivity (Wildman–Crippen MR) is 104 cm³/mol. The molecule has 30 heavy (non-hydrogen) atoms. The van der Waals surface area contributed by atoms with Gasteiger partial charge in [-0.05, 0) is 36.6 Å². The van der Waals surface area contributed by atoms with Crippen LogP contribution < -0.4 is 5.32 Å². The highest BCUT2D eigenvalue weighted by Gasteiger charge is 2.32. The summed E-state index contributed by atoms with van der Waals surface area (Å²) in [5, 5.41) is 13.0. The number of rotatable bonds is 4. The summed E-state index contributed by atoms with van der Waals surface area (Å²) in [7, 11) is 0. The molecule has 3 heterocycles. The van der Waals surface area contributed by atoms with Gasteiger partial charge in [-0.15, -0.1) is 0 Å². The largest absolute Gasteiger partial charge is 0.433 e. The van der Waals surface area contributed by atoms with Gasteiger partial charge in [0, 0.05) is 25.1 Å². The van der Waals surface area contributed by atoms with Gasteiger partial charge >= 0.3 is 6.18 Å². The van der Waals surface area contributed by atoms with Gasteiger partial charge in [0.15, 0.2) is 0 Å². The first-order chi connectivity index (χ1) is 14.3. The van der Waals surface area contributed by atoms with E-state index in [9.17, 15) is 23.1 Å². The molecule has 1 amide bonds. The summed E-state index contributed by atoms with van der Waals surface area (Å²) in [6.45, 7) is 0.243. The van der Waals surface area contributed by atoms with Crippen molar-refractivity contribution in [2.45, 2.75) is 50.6 Å². The second kappa shape index (κ2) is 8.06. The van der Waals surface area contributed by atoms with Gasteiger partial charge in [0.2, 0.25) is 0 Å². The molecule has 0 aliphatic heterocycles. The predicted octanol–water partition coefficient (Wildman–Crippen LogP) is 3.53. The molecular formula is C21H21F3N4O2. The number of fused-ring (bicyclic) bond motifs is 1. The Kier molecular flexibility index (Phi) is 5.46. The zero-order valence-corrected chi connectivity index (χ0v) is 16.1. The fourth-order valence-electron chi connectivity index (χ4n) is 3.83. The zero-order valence-electron chi connectivity index (χ0n) is 16.1. The van der Waals surface area contributed by atoms with Gasteiger partial charge in [-0.2, -0.15) is 13.2 Å². The third-order valence-electron chi connectivity index (χ3n) is 5.39. The molecule has 2 atom stereocenters. The van der Waals surface area contributed by atoms with E-state index in [1.54, 1.807) is 29.1 Å². The highest BCUT2D eigenvalue weighted by atomic mass is 19.4. The Morgan fingerprint density at radius 2 is 2.00 bits per heavy atom. The lowest BCUT2D eigenvalue weighted by Gasteiger charge is -2.28. The number of aliphatic hydroxyl groups is 1. The van der Waals surface area contributed by atoms with Crippen LogP contribution in [0.2, 0.25) is 0 Å². The van der Waals surface area contributed by atoms with E-state index < -0.39 is 18.0 Å². The van der Waals surface area contributed by atoms with Crippen LogP contribution in [0.15, 0.2) is 42.9 Å².